The van der Waals surface area contributed by atoms with Gasteiger partial charge in [0, 0.05) is 25.4 Å². The molecule has 0 N–H and O–H groups in total. The van der Waals surface area contributed by atoms with Crippen LogP contribution in [-0.4, -0.2) is 19.1 Å². The van der Waals surface area contributed by atoms with Crippen molar-refractivity contribution in [3.8, 4) is 22.8 Å². The third-order valence-electron chi connectivity index (χ3n) is 3.84. The van der Waals surface area contributed by atoms with Gasteiger partial charge in [0.2, 0.25) is 0 Å². The van der Waals surface area contributed by atoms with Gasteiger partial charge < -0.3 is 4.57 Å². The maximum absolute atomic E-state index is 12.7. The Morgan fingerprint density at radius 3 is 2.28 bits per heavy atom. The lowest BCUT2D eigenvalue weighted by Gasteiger charge is -2.15. The van der Waals surface area contributed by atoms with E-state index in [1.165, 1.54) is 19.2 Å². The van der Waals surface area contributed by atoms with Crippen LogP contribution in [0.4, 0.5) is 13.2 Å². The molecule has 0 radical (unpaired) electrons. The monoisotopic (exact) mass is 350 g/mol. The molecular weight excluding hydrogens is 337 g/mol. The van der Waals surface area contributed by atoms with Crippen LogP contribution in [-0.2, 0) is 19.8 Å². The van der Waals surface area contributed by atoms with Crippen molar-refractivity contribution in [2.45, 2.75) is 19.6 Å². The molecule has 2 heterocycles. The summed E-state index contributed by atoms with van der Waals surface area (Å²) in [6, 6.07) is 4.48. The largest absolute Gasteiger partial charge is 0.416 e. The first-order chi connectivity index (χ1) is 11.7. The van der Waals surface area contributed by atoms with E-state index >= 15 is 0 Å². The minimum Gasteiger partial charge on any atom is -0.329 e. The third kappa shape index (κ3) is 2.92. The zero-order chi connectivity index (χ0) is 18.4. The molecule has 0 saturated carbocycles. The van der Waals surface area contributed by atoms with E-state index < -0.39 is 23.0 Å². The van der Waals surface area contributed by atoms with Gasteiger partial charge >= 0.3 is 11.9 Å². The van der Waals surface area contributed by atoms with Crippen LogP contribution in [0.25, 0.3) is 22.8 Å². The second-order valence-corrected chi connectivity index (χ2v) is 5.42. The zero-order valence-corrected chi connectivity index (χ0v) is 13.3. The molecule has 0 bridgehead atoms. The fourth-order valence-electron chi connectivity index (χ4n) is 2.43. The maximum atomic E-state index is 12.7. The van der Waals surface area contributed by atoms with E-state index in [-0.39, 0.29) is 11.5 Å². The van der Waals surface area contributed by atoms with Crippen molar-refractivity contribution >= 4 is 0 Å². The molecule has 0 amide bonds. The number of fused-ring (bicyclic) bond motifs is 1. The molecule has 2 aliphatic rings. The first-order valence-electron chi connectivity index (χ1n) is 7.38. The summed E-state index contributed by atoms with van der Waals surface area (Å²) in [7, 11) is 1.29. The molecule has 0 aliphatic carbocycles. The van der Waals surface area contributed by atoms with Crippen molar-refractivity contribution in [2.75, 3.05) is 0 Å². The number of rotatable bonds is 2. The average molecular weight is 350 g/mol. The van der Waals surface area contributed by atoms with Crippen LogP contribution in [0.15, 0.2) is 40.1 Å². The summed E-state index contributed by atoms with van der Waals surface area (Å²) >= 11 is 0. The Balaban J connectivity index is 2.23. The lowest BCUT2D eigenvalue weighted by molar-refractivity contribution is -0.137. The van der Waals surface area contributed by atoms with Gasteiger partial charge in [0.05, 0.1) is 11.3 Å². The lowest BCUT2D eigenvalue weighted by atomic mass is 10.1. The van der Waals surface area contributed by atoms with Gasteiger partial charge in [0.1, 0.15) is 0 Å². The predicted octanol–water partition coefficient (Wildman–Crippen LogP) is 2.15. The van der Waals surface area contributed by atoms with E-state index in [9.17, 15) is 22.8 Å². The Hall–Kier alpha value is -2.97. The van der Waals surface area contributed by atoms with Crippen molar-refractivity contribution in [3.63, 3.8) is 0 Å². The summed E-state index contributed by atoms with van der Waals surface area (Å²) in [6.45, 7) is 2.20. The first-order valence-corrected chi connectivity index (χ1v) is 7.38. The summed E-state index contributed by atoms with van der Waals surface area (Å²) in [5, 5.41) is 0. The molecule has 0 aromatic heterocycles. The highest BCUT2D eigenvalue weighted by Gasteiger charge is 2.30. The number of benzene rings is 1. The van der Waals surface area contributed by atoms with E-state index in [2.05, 4.69) is 9.97 Å². The first kappa shape index (κ1) is 16.9. The average Bonchev–Trinajstić information content (AvgIpc) is 2.58. The number of alkyl halides is 3. The summed E-state index contributed by atoms with van der Waals surface area (Å²) in [6.07, 6.45) is -2.88. The van der Waals surface area contributed by atoms with Gasteiger partial charge in [-0.2, -0.15) is 18.2 Å². The number of aromatic nitrogens is 4. The van der Waals surface area contributed by atoms with Crippen LogP contribution in [0.5, 0.6) is 0 Å². The van der Waals surface area contributed by atoms with Crippen LogP contribution in [0, 0.1) is 0 Å². The van der Waals surface area contributed by atoms with Gasteiger partial charge in [0.15, 0.2) is 11.5 Å². The van der Waals surface area contributed by atoms with Crippen LogP contribution in [0.2, 0.25) is 0 Å². The molecule has 0 unspecified atom stereocenters. The minimum absolute atomic E-state index is 0.0126. The van der Waals surface area contributed by atoms with E-state index in [0.717, 1.165) is 16.7 Å². The molecular formula is C16H13F3N4O2. The molecule has 0 fully saturated rings. The van der Waals surface area contributed by atoms with Gasteiger partial charge in [-0.25, -0.2) is 9.78 Å². The Labute approximate surface area is 139 Å². The highest BCUT2D eigenvalue weighted by Crippen LogP contribution is 2.31. The zero-order valence-electron chi connectivity index (χ0n) is 13.3. The topological polar surface area (TPSA) is 69.8 Å². The van der Waals surface area contributed by atoms with Crippen molar-refractivity contribution in [1.82, 2.24) is 19.1 Å². The summed E-state index contributed by atoms with van der Waals surface area (Å²) in [5.74, 6) is 0.145. The normalized spacial score (nSPS) is 11.9. The number of halogens is 3. The number of hydrogen-bond donors (Lipinski definition) is 0. The van der Waals surface area contributed by atoms with Gasteiger partial charge in [-0.15, -0.1) is 0 Å². The van der Waals surface area contributed by atoms with E-state index in [1.54, 1.807) is 17.7 Å². The SMILES string of the molecule is CCn1cc(-c2ccc(C(F)(F)F)cc2)nc2c(=O)n(C)c(=O)nc1-2. The van der Waals surface area contributed by atoms with Crippen molar-refractivity contribution < 1.29 is 13.2 Å². The Bertz CT molecular complexity index is 1020. The second kappa shape index (κ2) is 5.83. The van der Waals surface area contributed by atoms with Crippen molar-refractivity contribution in [3.05, 3.63) is 56.9 Å². The second-order valence-electron chi connectivity index (χ2n) is 5.42. The molecule has 2 aliphatic heterocycles. The summed E-state index contributed by atoms with van der Waals surface area (Å²) in [4.78, 5) is 32.1. The van der Waals surface area contributed by atoms with Gasteiger partial charge in [0.25, 0.3) is 5.56 Å². The number of hydrogen-bond acceptors (Lipinski definition) is 4. The third-order valence-corrected chi connectivity index (χ3v) is 3.84. The smallest absolute Gasteiger partial charge is 0.329 e. The highest BCUT2D eigenvalue weighted by molar-refractivity contribution is 5.63. The lowest BCUT2D eigenvalue weighted by Crippen LogP contribution is -2.36. The number of nitrogens with zero attached hydrogens (tertiary/aromatic N) is 4. The molecule has 6 nitrogen and oxygen atoms in total. The minimum atomic E-state index is -4.43. The Morgan fingerprint density at radius 1 is 1.08 bits per heavy atom. The molecule has 130 valence electrons. The molecule has 25 heavy (non-hydrogen) atoms. The Morgan fingerprint density at radius 2 is 1.72 bits per heavy atom. The standard InChI is InChI=1S/C16H13F3N4O2/c1-3-23-8-11(9-4-6-10(7-5-9)16(17,18)19)20-12-13(23)21-15(25)22(2)14(12)24/h4-8H,3H2,1-2H3. The van der Waals surface area contributed by atoms with Crippen LogP contribution in [0.3, 0.4) is 0 Å². The van der Waals surface area contributed by atoms with Crippen molar-refractivity contribution in [2.24, 2.45) is 7.05 Å². The molecule has 0 spiro atoms. The molecule has 0 saturated heterocycles. The summed E-state index contributed by atoms with van der Waals surface area (Å²) in [5.41, 5.74) is -1.34. The summed E-state index contributed by atoms with van der Waals surface area (Å²) < 4.78 is 40.5. The maximum Gasteiger partial charge on any atom is 0.416 e. The molecule has 9 heteroatoms. The molecule has 1 aromatic carbocycles. The van der Waals surface area contributed by atoms with Crippen LogP contribution < -0.4 is 11.2 Å². The molecule has 1 aromatic rings. The quantitative estimate of drug-likeness (QED) is 0.710. The van der Waals surface area contributed by atoms with E-state index in [0.29, 0.717) is 17.8 Å². The van der Waals surface area contributed by atoms with Gasteiger partial charge in [-0.1, -0.05) is 12.1 Å². The molecule has 0 atom stereocenters. The van der Waals surface area contributed by atoms with E-state index in [4.69, 9.17) is 0 Å². The highest BCUT2D eigenvalue weighted by atomic mass is 19.4. The fourth-order valence-corrected chi connectivity index (χ4v) is 2.43. The van der Waals surface area contributed by atoms with Gasteiger partial charge in [-0.3, -0.25) is 9.36 Å². The predicted molar refractivity (Wildman–Crippen MR) is 84.3 cm³/mol. The molecule has 3 rings (SSSR count). The van der Waals surface area contributed by atoms with Crippen molar-refractivity contribution in [1.29, 1.82) is 0 Å². The number of aryl methyl sites for hydroxylation is 1. The van der Waals surface area contributed by atoms with Gasteiger partial charge in [-0.05, 0) is 19.1 Å². The van der Waals surface area contributed by atoms with Crippen LogP contribution in [0.1, 0.15) is 12.5 Å². The van der Waals surface area contributed by atoms with E-state index in [1.807, 2.05) is 0 Å². The van der Waals surface area contributed by atoms with Crippen LogP contribution >= 0.6 is 0 Å². The Kier molecular flexibility index (Phi) is 3.94. The fraction of sp³-hybridized carbons (Fsp3) is 0.250.